The molecule has 4 fully saturated rings. The Balaban J connectivity index is 1.18. The standard InChI is InChI=1S/C26H35FN10O11P2SSi/c1-25(2,3)52(4,5)47-13-10-6-42-49(39,40)48-26-15(27)23(36-8-32-11-18(28)30-7-31-19(11)36)44-16(26)17(26)46-50(41,51)45-14(13)22(43-10)37-9-33-12-20(37)34-24(29)35-21(12)38/h7-10,13-17,22-23H,6H2,1-5H3,(H,39,40)(H,41,51)(H2,28,30,31)(H3,29,34,35,38)/t10-,13-,14-,15+,16-,17?,22-,23-,26+,50?/m1/s1. The van der Waals surface area contributed by atoms with E-state index in [4.69, 9.17) is 43.5 Å². The van der Waals surface area contributed by atoms with Crippen LogP contribution in [0.4, 0.5) is 16.2 Å². The average Bonchev–Trinajstić information content (AvgIpc) is 3.54. The molecule has 1 spiro atoms. The molecule has 282 valence electrons. The number of imidazole rings is 2. The van der Waals surface area contributed by atoms with Gasteiger partial charge < -0.3 is 30.3 Å². The summed E-state index contributed by atoms with van der Waals surface area (Å²) in [6.45, 7) is 4.58. The van der Waals surface area contributed by atoms with Gasteiger partial charge in [0, 0.05) is 0 Å². The smallest absolute Gasteiger partial charge is 0.408 e. The summed E-state index contributed by atoms with van der Waals surface area (Å²) in [6, 6.07) is 0. The van der Waals surface area contributed by atoms with Gasteiger partial charge in [-0.25, -0.2) is 33.5 Å². The van der Waals surface area contributed by atoms with Crippen molar-refractivity contribution >= 4 is 69.3 Å². The molecule has 0 aromatic carbocycles. The highest BCUT2D eigenvalue weighted by molar-refractivity contribution is 8.44. The molecule has 1 aliphatic carbocycles. The van der Waals surface area contributed by atoms with E-state index in [1.54, 1.807) is 0 Å². The molecule has 7 heterocycles. The van der Waals surface area contributed by atoms with E-state index in [1.807, 2.05) is 33.9 Å². The Morgan fingerprint density at radius 1 is 1.06 bits per heavy atom. The van der Waals surface area contributed by atoms with Crippen LogP contribution in [-0.2, 0) is 41.1 Å². The Morgan fingerprint density at radius 3 is 2.46 bits per heavy atom. The second-order valence-corrected chi connectivity index (χ2v) is 23.4. The SMILES string of the molecule is CC(C)(C)[Si](C)(C)O[C@H]1[C@H]2OP(=O)(S)OC3[C@H]4O[C@@H](n5cnc6c(N)ncnc65)[C@H](F)[C@@]34OP(=O)(O)OC[C@H]1O[C@H]2n1cnc2c(=O)[nH]c(N)nc21. The van der Waals surface area contributed by atoms with Gasteiger partial charge in [0.1, 0.15) is 42.4 Å². The van der Waals surface area contributed by atoms with Gasteiger partial charge in [-0.1, -0.05) is 33.0 Å². The number of nitrogens with two attached hydrogens (primary N) is 2. The summed E-state index contributed by atoms with van der Waals surface area (Å²) in [7, 11) is -7.92. The minimum atomic E-state index is -5.19. The second kappa shape index (κ2) is 11.8. The van der Waals surface area contributed by atoms with Gasteiger partial charge in [-0.3, -0.25) is 37.0 Å². The Kier molecular flexibility index (Phi) is 8.21. The predicted octanol–water partition coefficient (Wildman–Crippen LogP) is 2.36. The first kappa shape index (κ1) is 36.1. The summed E-state index contributed by atoms with van der Waals surface area (Å²) in [4.78, 5) is 46.6. The number of H-pyrrole nitrogens is 1. The lowest BCUT2D eigenvalue weighted by Gasteiger charge is -2.40. The molecule has 3 saturated heterocycles. The van der Waals surface area contributed by atoms with E-state index >= 15 is 4.39 Å². The number of alkyl halides is 1. The molecular formula is C26H35FN10O11P2SSi. The van der Waals surface area contributed by atoms with Crippen molar-refractivity contribution in [3.8, 4) is 0 Å². The van der Waals surface area contributed by atoms with Crippen molar-refractivity contribution < 1.29 is 50.4 Å². The Bertz CT molecular complexity index is 2260. The number of phosphoric ester groups is 1. The van der Waals surface area contributed by atoms with Crippen molar-refractivity contribution in [1.82, 2.24) is 39.0 Å². The van der Waals surface area contributed by atoms with E-state index in [0.29, 0.717) is 0 Å². The maximum Gasteiger partial charge on any atom is 0.473 e. The lowest BCUT2D eigenvalue weighted by atomic mass is 10.1. The molecule has 26 heteroatoms. The van der Waals surface area contributed by atoms with Crippen LogP contribution in [0.3, 0.4) is 0 Å². The number of aromatic nitrogens is 8. The van der Waals surface area contributed by atoms with Gasteiger partial charge in [0.2, 0.25) is 5.95 Å². The number of fused-ring (bicyclic) bond motifs is 5. The molecule has 21 nitrogen and oxygen atoms in total. The predicted molar refractivity (Wildman–Crippen MR) is 183 cm³/mol. The number of hydrogen-bond donors (Lipinski definition) is 5. The summed E-state index contributed by atoms with van der Waals surface area (Å²) in [5.41, 5.74) is 8.95. The second-order valence-electron chi connectivity index (χ2n) is 14.4. The number of thiol groups is 1. The van der Waals surface area contributed by atoms with Crippen molar-refractivity contribution in [3.63, 3.8) is 0 Å². The molecule has 2 bridgehead atoms. The molecule has 3 unspecified atom stereocenters. The van der Waals surface area contributed by atoms with Crippen molar-refractivity contribution in [2.75, 3.05) is 18.1 Å². The van der Waals surface area contributed by atoms with E-state index in [-0.39, 0.29) is 39.1 Å². The largest absolute Gasteiger partial charge is 0.473 e. The number of hydrogen-bond acceptors (Lipinski definition) is 17. The highest BCUT2D eigenvalue weighted by Gasteiger charge is 2.83. The number of rotatable bonds is 4. The third-order valence-corrected chi connectivity index (χ3v) is 17.2. The highest BCUT2D eigenvalue weighted by atomic mass is 32.7. The lowest BCUT2D eigenvalue weighted by molar-refractivity contribution is -0.0627. The van der Waals surface area contributed by atoms with Gasteiger partial charge in [-0.15, -0.1) is 0 Å². The summed E-state index contributed by atoms with van der Waals surface area (Å²) < 4.78 is 89.1. The normalized spacial score (nSPS) is 38.2. The molecule has 0 radical (unpaired) electrons. The third kappa shape index (κ3) is 5.66. The topological polar surface area (TPSA) is 278 Å². The lowest BCUT2D eigenvalue weighted by Crippen LogP contribution is -2.50. The molecule has 6 N–H and O–H groups in total. The third-order valence-electron chi connectivity index (χ3n) is 10.1. The van der Waals surface area contributed by atoms with Gasteiger partial charge in [-0.05, 0) is 18.1 Å². The maximum atomic E-state index is 16.7. The van der Waals surface area contributed by atoms with Gasteiger partial charge in [0.05, 0.1) is 19.3 Å². The number of anilines is 2. The minimum Gasteiger partial charge on any atom is -0.408 e. The van der Waals surface area contributed by atoms with Crippen molar-refractivity contribution in [2.24, 2.45) is 0 Å². The molecule has 52 heavy (non-hydrogen) atoms. The monoisotopic (exact) mass is 804 g/mol. The molecule has 11 atom stereocenters. The number of nitrogens with zero attached hydrogens (tertiary/aromatic N) is 7. The summed E-state index contributed by atoms with van der Waals surface area (Å²) in [5.74, 6) is -0.188. The molecule has 4 aromatic rings. The Labute approximate surface area is 299 Å². The molecule has 3 aliphatic heterocycles. The highest BCUT2D eigenvalue weighted by Crippen LogP contribution is 2.71. The first-order chi connectivity index (χ1) is 24.2. The van der Waals surface area contributed by atoms with Gasteiger partial charge >= 0.3 is 14.6 Å². The van der Waals surface area contributed by atoms with Crippen molar-refractivity contribution in [1.29, 1.82) is 0 Å². The van der Waals surface area contributed by atoms with Crippen LogP contribution >= 0.6 is 26.9 Å². The van der Waals surface area contributed by atoms with Gasteiger partial charge in [0.25, 0.3) is 5.56 Å². The van der Waals surface area contributed by atoms with Crippen LogP contribution in [0.25, 0.3) is 22.3 Å². The van der Waals surface area contributed by atoms with E-state index in [1.165, 1.54) is 21.8 Å². The zero-order valence-corrected chi connectivity index (χ0v) is 31.8. The van der Waals surface area contributed by atoms with Crippen LogP contribution < -0.4 is 17.0 Å². The van der Waals surface area contributed by atoms with Crippen molar-refractivity contribution in [2.45, 2.75) is 93.7 Å². The Hall–Kier alpha value is -2.86. The van der Waals surface area contributed by atoms with Crippen molar-refractivity contribution in [3.05, 3.63) is 29.3 Å². The molecule has 4 aliphatic rings. The average molecular weight is 805 g/mol. The van der Waals surface area contributed by atoms with E-state index in [9.17, 15) is 18.8 Å². The number of nitrogens with one attached hydrogen (secondary N) is 1. The number of nitrogen functional groups attached to an aromatic ring is 2. The molecule has 4 aromatic heterocycles. The maximum absolute atomic E-state index is 16.7. The first-order valence-corrected chi connectivity index (χ1v) is 23.0. The number of phosphoric acid groups is 1. The van der Waals surface area contributed by atoms with Crippen LogP contribution in [-0.4, -0.2) is 101 Å². The fourth-order valence-electron chi connectivity index (χ4n) is 6.49. The van der Waals surface area contributed by atoms with E-state index < -0.39 is 89.9 Å². The van der Waals surface area contributed by atoms with Crippen LogP contribution in [0.15, 0.2) is 23.8 Å². The molecule has 1 saturated carbocycles. The van der Waals surface area contributed by atoms with Crippen LogP contribution in [0.5, 0.6) is 0 Å². The summed E-state index contributed by atoms with van der Waals surface area (Å²) in [6.07, 6.45) is -8.13. The number of halogens is 1. The number of aromatic amines is 1. The summed E-state index contributed by atoms with van der Waals surface area (Å²) in [5, 5.41) is -0.367. The van der Waals surface area contributed by atoms with Crippen LogP contribution in [0, 0.1) is 0 Å². The molecular weight excluding hydrogens is 769 g/mol. The fraction of sp³-hybridized carbons (Fsp3) is 0.615. The van der Waals surface area contributed by atoms with E-state index in [2.05, 4.69) is 42.2 Å². The minimum absolute atomic E-state index is 0.0164. The Morgan fingerprint density at radius 2 is 1.75 bits per heavy atom. The van der Waals surface area contributed by atoms with E-state index in [0.717, 1.165) is 6.33 Å². The number of ether oxygens (including phenoxy) is 2. The summed E-state index contributed by atoms with van der Waals surface area (Å²) >= 11 is 4.26. The van der Waals surface area contributed by atoms with Gasteiger partial charge in [-0.2, -0.15) is 4.98 Å². The first-order valence-electron chi connectivity index (χ1n) is 15.9. The van der Waals surface area contributed by atoms with Crippen LogP contribution in [0.2, 0.25) is 18.1 Å². The van der Waals surface area contributed by atoms with Gasteiger partial charge in [0.15, 0.2) is 55.2 Å². The fourth-order valence-corrected chi connectivity index (χ4v) is 10.7. The quantitative estimate of drug-likeness (QED) is 0.112. The molecule has 0 amide bonds. The zero-order valence-electron chi connectivity index (χ0n) is 28.1. The zero-order chi connectivity index (χ0) is 37.3. The van der Waals surface area contributed by atoms with Crippen LogP contribution in [0.1, 0.15) is 33.2 Å². The molecule has 8 rings (SSSR count).